The van der Waals surface area contributed by atoms with Gasteiger partial charge in [0.05, 0.1) is 11.6 Å². The van der Waals surface area contributed by atoms with E-state index in [1.165, 1.54) is 0 Å². The maximum absolute atomic E-state index is 9.39. The maximum Gasteiger partial charge on any atom is 0.137 e. The SMILES string of the molecule is OCC(COc1ccccc1Cl)C1CCNC1. The van der Waals surface area contributed by atoms with Crippen LogP contribution in [-0.4, -0.2) is 31.4 Å². The Bertz CT molecular complexity index is 353. The van der Waals surface area contributed by atoms with Crippen LogP contribution in [0.1, 0.15) is 6.42 Å². The van der Waals surface area contributed by atoms with Gasteiger partial charge in [-0.15, -0.1) is 0 Å². The van der Waals surface area contributed by atoms with Gasteiger partial charge in [0.1, 0.15) is 5.75 Å². The molecule has 1 saturated heterocycles. The standard InChI is InChI=1S/C13H18ClNO2/c14-12-3-1-2-4-13(12)17-9-11(8-16)10-5-6-15-7-10/h1-4,10-11,15-16H,5-9H2. The van der Waals surface area contributed by atoms with E-state index in [1.807, 2.05) is 24.3 Å². The molecule has 17 heavy (non-hydrogen) atoms. The summed E-state index contributed by atoms with van der Waals surface area (Å²) < 4.78 is 5.68. The van der Waals surface area contributed by atoms with Crippen molar-refractivity contribution in [1.82, 2.24) is 5.32 Å². The topological polar surface area (TPSA) is 41.5 Å². The number of aliphatic hydroxyl groups excluding tert-OH is 1. The van der Waals surface area contributed by atoms with Crippen LogP contribution in [0.2, 0.25) is 5.02 Å². The highest BCUT2D eigenvalue weighted by molar-refractivity contribution is 6.32. The molecular weight excluding hydrogens is 238 g/mol. The van der Waals surface area contributed by atoms with Crippen molar-refractivity contribution in [2.24, 2.45) is 11.8 Å². The van der Waals surface area contributed by atoms with Gasteiger partial charge in [-0.1, -0.05) is 23.7 Å². The summed E-state index contributed by atoms with van der Waals surface area (Å²) in [6.07, 6.45) is 1.11. The van der Waals surface area contributed by atoms with Crippen LogP contribution in [0.4, 0.5) is 0 Å². The van der Waals surface area contributed by atoms with Gasteiger partial charge in [0.25, 0.3) is 0 Å². The number of para-hydroxylation sites is 1. The van der Waals surface area contributed by atoms with Crippen LogP contribution >= 0.6 is 11.6 Å². The largest absolute Gasteiger partial charge is 0.492 e. The van der Waals surface area contributed by atoms with Crippen molar-refractivity contribution in [2.45, 2.75) is 6.42 Å². The van der Waals surface area contributed by atoms with Crippen LogP contribution in [0.5, 0.6) is 5.75 Å². The molecule has 1 aliphatic rings. The van der Waals surface area contributed by atoms with Gasteiger partial charge in [0.15, 0.2) is 0 Å². The average Bonchev–Trinajstić information content (AvgIpc) is 2.86. The molecule has 0 amide bonds. The van der Waals surface area contributed by atoms with Crippen LogP contribution in [0.25, 0.3) is 0 Å². The molecule has 2 rings (SSSR count). The van der Waals surface area contributed by atoms with Gasteiger partial charge >= 0.3 is 0 Å². The Balaban J connectivity index is 1.89. The first-order valence-electron chi connectivity index (χ1n) is 6.00. The normalized spacial score (nSPS) is 21.4. The van der Waals surface area contributed by atoms with Crippen molar-refractivity contribution >= 4 is 11.6 Å². The second-order valence-corrected chi connectivity index (χ2v) is 4.84. The third kappa shape index (κ3) is 3.35. The van der Waals surface area contributed by atoms with Crippen LogP contribution < -0.4 is 10.1 Å². The van der Waals surface area contributed by atoms with E-state index in [0.29, 0.717) is 23.3 Å². The molecule has 0 bridgehead atoms. The second kappa shape index (κ2) is 6.24. The molecule has 0 spiro atoms. The Kier molecular flexibility index (Phi) is 4.66. The molecular formula is C13H18ClNO2. The lowest BCUT2D eigenvalue weighted by Crippen LogP contribution is -2.26. The summed E-state index contributed by atoms with van der Waals surface area (Å²) in [5.41, 5.74) is 0. The molecule has 0 saturated carbocycles. The first-order valence-corrected chi connectivity index (χ1v) is 6.38. The highest BCUT2D eigenvalue weighted by atomic mass is 35.5. The van der Waals surface area contributed by atoms with E-state index in [9.17, 15) is 5.11 Å². The van der Waals surface area contributed by atoms with Gasteiger partial charge in [-0.3, -0.25) is 0 Å². The summed E-state index contributed by atoms with van der Waals surface area (Å²) >= 11 is 6.01. The van der Waals surface area contributed by atoms with Gasteiger partial charge in [0.2, 0.25) is 0 Å². The summed E-state index contributed by atoms with van der Waals surface area (Å²) in [6.45, 7) is 2.69. The number of hydrogen-bond donors (Lipinski definition) is 2. The van der Waals surface area contributed by atoms with E-state index in [1.54, 1.807) is 0 Å². The van der Waals surface area contributed by atoms with Crippen molar-refractivity contribution < 1.29 is 9.84 Å². The zero-order valence-corrected chi connectivity index (χ0v) is 10.5. The molecule has 0 aliphatic carbocycles. The predicted octanol–water partition coefficient (Wildman–Crippen LogP) is 1.94. The molecule has 94 valence electrons. The van der Waals surface area contributed by atoms with Crippen molar-refractivity contribution in [3.63, 3.8) is 0 Å². The Hall–Kier alpha value is -0.770. The van der Waals surface area contributed by atoms with Crippen molar-refractivity contribution in [3.8, 4) is 5.75 Å². The quantitative estimate of drug-likeness (QED) is 0.845. The van der Waals surface area contributed by atoms with E-state index in [0.717, 1.165) is 19.5 Å². The lowest BCUT2D eigenvalue weighted by Gasteiger charge is -2.21. The van der Waals surface area contributed by atoms with E-state index < -0.39 is 0 Å². The summed E-state index contributed by atoms with van der Waals surface area (Å²) in [5, 5.41) is 13.3. The van der Waals surface area contributed by atoms with Crippen LogP contribution in [0, 0.1) is 11.8 Å². The molecule has 2 atom stereocenters. The maximum atomic E-state index is 9.39. The third-order valence-corrected chi connectivity index (χ3v) is 3.60. The zero-order chi connectivity index (χ0) is 12.1. The van der Waals surface area contributed by atoms with Crippen molar-refractivity contribution in [1.29, 1.82) is 0 Å². The Morgan fingerprint density at radius 2 is 2.29 bits per heavy atom. The predicted molar refractivity (Wildman–Crippen MR) is 68.5 cm³/mol. The molecule has 1 aliphatic heterocycles. The Morgan fingerprint density at radius 3 is 2.94 bits per heavy atom. The smallest absolute Gasteiger partial charge is 0.137 e. The van der Waals surface area contributed by atoms with Gasteiger partial charge in [-0.25, -0.2) is 0 Å². The van der Waals surface area contributed by atoms with E-state index in [-0.39, 0.29) is 12.5 Å². The molecule has 4 heteroatoms. The molecule has 0 radical (unpaired) electrons. The fourth-order valence-electron chi connectivity index (χ4n) is 2.18. The number of nitrogens with one attached hydrogen (secondary N) is 1. The number of halogens is 1. The third-order valence-electron chi connectivity index (χ3n) is 3.29. The fraction of sp³-hybridized carbons (Fsp3) is 0.538. The molecule has 3 nitrogen and oxygen atoms in total. The van der Waals surface area contributed by atoms with E-state index in [2.05, 4.69) is 5.32 Å². The van der Waals surface area contributed by atoms with E-state index in [4.69, 9.17) is 16.3 Å². The number of benzene rings is 1. The minimum absolute atomic E-state index is 0.163. The van der Waals surface area contributed by atoms with Crippen LogP contribution in [0.3, 0.4) is 0 Å². The zero-order valence-electron chi connectivity index (χ0n) is 9.73. The van der Waals surface area contributed by atoms with Crippen LogP contribution in [0.15, 0.2) is 24.3 Å². The molecule has 2 unspecified atom stereocenters. The number of ether oxygens (including phenoxy) is 1. The summed E-state index contributed by atoms with van der Waals surface area (Å²) in [6, 6.07) is 7.43. The minimum atomic E-state index is 0.163. The molecule has 1 aromatic rings. The number of rotatable bonds is 5. The highest BCUT2D eigenvalue weighted by Crippen LogP contribution is 2.25. The monoisotopic (exact) mass is 255 g/mol. The molecule has 1 heterocycles. The summed E-state index contributed by atoms with van der Waals surface area (Å²) in [5.74, 6) is 1.38. The second-order valence-electron chi connectivity index (χ2n) is 4.44. The number of hydrogen-bond acceptors (Lipinski definition) is 3. The molecule has 2 N–H and O–H groups in total. The first kappa shape index (κ1) is 12.7. The van der Waals surface area contributed by atoms with Gasteiger partial charge in [0, 0.05) is 12.5 Å². The van der Waals surface area contributed by atoms with Crippen molar-refractivity contribution in [2.75, 3.05) is 26.3 Å². The lowest BCUT2D eigenvalue weighted by molar-refractivity contribution is 0.124. The van der Waals surface area contributed by atoms with E-state index >= 15 is 0 Å². The molecule has 1 fully saturated rings. The number of aliphatic hydroxyl groups is 1. The van der Waals surface area contributed by atoms with Crippen molar-refractivity contribution in [3.05, 3.63) is 29.3 Å². The van der Waals surface area contributed by atoms with Gasteiger partial charge in [-0.05, 0) is 37.6 Å². The Labute approximate surface area is 107 Å². The average molecular weight is 256 g/mol. The Morgan fingerprint density at radius 1 is 1.47 bits per heavy atom. The lowest BCUT2D eigenvalue weighted by atomic mass is 9.93. The highest BCUT2D eigenvalue weighted by Gasteiger charge is 2.24. The summed E-state index contributed by atoms with van der Waals surface area (Å²) in [7, 11) is 0. The summed E-state index contributed by atoms with van der Waals surface area (Å²) in [4.78, 5) is 0. The fourth-order valence-corrected chi connectivity index (χ4v) is 2.37. The van der Waals surface area contributed by atoms with Gasteiger partial charge < -0.3 is 15.2 Å². The first-order chi connectivity index (χ1) is 8.31. The minimum Gasteiger partial charge on any atom is -0.492 e. The van der Waals surface area contributed by atoms with Gasteiger partial charge in [-0.2, -0.15) is 0 Å². The van der Waals surface area contributed by atoms with Crippen LogP contribution in [-0.2, 0) is 0 Å². The molecule has 1 aromatic carbocycles. The molecule has 0 aromatic heterocycles.